The minimum atomic E-state index is -0.0348. The number of halogens is 3. The molecular formula is C13H11BrCl2N2O. The van der Waals surface area contributed by atoms with Crippen molar-refractivity contribution in [1.82, 2.24) is 9.78 Å². The quantitative estimate of drug-likeness (QED) is 0.767. The predicted octanol–water partition coefficient (Wildman–Crippen LogP) is 4.22. The third kappa shape index (κ3) is 3.02. The standard InChI is InChI=1S/C13H11BrCl2N2O/c1-7-9(13(16)18(2)17-7)6-12(19)8-3-4-10(14)11(15)5-8/h3-5H,6H2,1-2H3. The zero-order valence-corrected chi connectivity index (χ0v) is 13.5. The molecule has 19 heavy (non-hydrogen) atoms. The molecule has 2 aromatic rings. The van der Waals surface area contributed by atoms with Crippen LogP contribution < -0.4 is 0 Å². The van der Waals surface area contributed by atoms with Crippen molar-refractivity contribution in [2.24, 2.45) is 7.05 Å². The number of rotatable bonds is 3. The normalized spacial score (nSPS) is 10.8. The molecule has 0 bridgehead atoms. The molecular weight excluding hydrogens is 351 g/mol. The number of carbonyl (C=O) groups is 1. The van der Waals surface area contributed by atoms with Crippen LogP contribution in [0.3, 0.4) is 0 Å². The Morgan fingerprint density at radius 2 is 2.11 bits per heavy atom. The molecule has 3 nitrogen and oxygen atoms in total. The number of hydrogen-bond acceptors (Lipinski definition) is 2. The van der Waals surface area contributed by atoms with E-state index in [4.69, 9.17) is 23.2 Å². The number of aromatic nitrogens is 2. The summed E-state index contributed by atoms with van der Waals surface area (Å²) >= 11 is 15.4. The Bertz CT molecular complexity index is 652. The van der Waals surface area contributed by atoms with Gasteiger partial charge in [0.05, 0.1) is 10.7 Å². The van der Waals surface area contributed by atoms with Crippen molar-refractivity contribution in [3.05, 3.63) is 49.7 Å². The van der Waals surface area contributed by atoms with E-state index in [0.717, 1.165) is 15.7 Å². The van der Waals surface area contributed by atoms with Gasteiger partial charge in [0.2, 0.25) is 0 Å². The van der Waals surface area contributed by atoms with Crippen LogP contribution in [0.1, 0.15) is 21.6 Å². The van der Waals surface area contributed by atoms with Crippen LogP contribution >= 0.6 is 39.1 Å². The molecule has 0 unspecified atom stereocenters. The number of nitrogens with zero attached hydrogens (tertiary/aromatic N) is 2. The van der Waals surface area contributed by atoms with Gasteiger partial charge in [-0.1, -0.05) is 29.3 Å². The van der Waals surface area contributed by atoms with Crippen LogP contribution in [-0.2, 0) is 13.5 Å². The van der Waals surface area contributed by atoms with Crippen LogP contribution in [0, 0.1) is 6.92 Å². The molecule has 1 aromatic heterocycles. The molecule has 0 N–H and O–H groups in total. The lowest BCUT2D eigenvalue weighted by atomic mass is 10.0. The monoisotopic (exact) mass is 360 g/mol. The van der Waals surface area contributed by atoms with Crippen molar-refractivity contribution < 1.29 is 4.79 Å². The minimum absolute atomic E-state index is 0.0348. The van der Waals surface area contributed by atoms with Gasteiger partial charge in [-0.2, -0.15) is 5.10 Å². The van der Waals surface area contributed by atoms with Crippen LogP contribution in [0.15, 0.2) is 22.7 Å². The average Bonchev–Trinajstić information content (AvgIpc) is 2.59. The molecule has 0 fully saturated rings. The first-order valence-electron chi connectivity index (χ1n) is 5.56. The fourth-order valence-corrected chi connectivity index (χ4v) is 2.48. The highest BCUT2D eigenvalue weighted by Crippen LogP contribution is 2.25. The van der Waals surface area contributed by atoms with Gasteiger partial charge in [-0.25, -0.2) is 0 Å². The summed E-state index contributed by atoms with van der Waals surface area (Å²) in [5.74, 6) is -0.0348. The van der Waals surface area contributed by atoms with Gasteiger partial charge < -0.3 is 0 Å². The molecule has 100 valence electrons. The largest absolute Gasteiger partial charge is 0.294 e. The first kappa shape index (κ1) is 14.6. The second-order valence-corrected chi connectivity index (χ2v) is 5.83. The summed E-state index contributed by atoms with van der Waals surface area (Å²) in [6.45, 7) is 1.84. The van der Waals surface area contributed by atoms with Crippen LogP contribution in [-0.4, -0.2) is 15.6 Å². The molecule has 0 radical (unpaired) electrons. The van der Waals surface area contributed by atoms with Crippen LogP contribution in [0.2, 0.25) is 10.2 Å². The Morgan fingerprint density at radius 3 is 2.63 bits per heavy atom. The summed E-state index contributed by atoms with van der Waals surface area (Å²) in [7, 11) is 1.75. The zero-order chi connectivity index (χ0) is 14.2. The van der Waals surface area contributed by atoms with Crippen LogP contribution in [0.5, 0.6) is 0 Å². The van der Waals surface area contributed by atoms with E-state index in [-0.39, 0.29) is 12.2 Å². The number of ketones is 1. The number of aryl methyl sites for hydroxylation is 2. The molecule has 0 aliphatic heterocycles. The smallest absolute Gasteiger partial charge is 0.167 e. The van der Waals surface area contributed by atoms with Crippen molar-refractivity contribution in [3.8, 4) is 0 Å². The molecule has 0 atom stereocenters. The summed E-state index contributed by atoms with van der Waals surface area (Å²) in [5.41, 5.74) is 2.09. The van der Waals surface area contributed by atoms with Gasteiger partial charge in [-0.15, -0.1) is 0 Å². The van der Waals surface area contributed by atoms with Gasteiger partial charge in [0.1, 0.15) is 5.15 Å². The van der Waals surface area contributed by atoms with Crippen molar-refractivity contribution in [2.45, 2.75) is 13.3 Å². The Morgan fingerprint density at radius 1 is 1.42 bits per heavy atom. The van der Waals surface area contributed by atoms with Gasteiger partial charge in [0.15, 0.2) is 5.78 Å². The van der Waals surface area contributed by atoms with Crippen molar-refractivity contribution in [3.63, 3.8) is 0 Å². The number of Topliss-reactive ketones (excluding diaryl/α,β-unsaturated/α-hetero) is 1. The van der Waals surface area contributed by atoms with E-state index in [2.05, 4.69) is 21.0 Å². The van der Waals surface area contributed by atoms with E-state index < -0.39 is 0 Å². The fourth-order valence-electron chi connectivity index (χ4n) is 1.81. The van der Waals surface area contributed by atoms with E-state index in [1.807, 2.05) is 6.92 Å². The second-order valence-electron chi connectivity index (χ2n) is 4.21. The molecule has 2 rings (SSSR count). The molecule has 0 saturated carbocycles. The Labute approximate surface area is 129 Å². The molecule has 0 aliphatic rings. The van der Waals surface area contributed by atoms with Crippen LogP contribution in [0.25, 0.3) is 0 Å². The molecule has 0 spiro atoms. The highest BCUT2D eigenvalue weighted by atomic mass is 79.9. The first-order valence-corrected chi connectivity index (χ1v) is 7.11. The maximum absolute atomic E-state index is 12.2. The van der Waals surface area contributed by atoms with Gasteiger partial charge in [0.25, 0.3) is 0 Å². The molecule has 6 heteroatoms. The Balaban J connectivity index is 2.28. The van der Waals surface area contributed by atoms with Crippen LogP contribution in [0.4, 0.5) is 0 Å². The van der Waals surface area contributed by atoms with Gasteiger partial charge in [-0.3, -0.25) is 9.48 Å². The third-order valence-corrected chi connectivity index (χ3v) is 4.55. The van der Waals surface area contributed by atoms with Gasteiger partial charge in [-0.05, 0) is 35.0 Å². The SMILES string of the molecule is Cc1nn(C)c(Cl)c1CC(=O)c1ccc(Br)c(Cl)c1. The fraction of sp³-hybridized carbons (Fsp3) is 0.231. The first-order chi connectivity index (χ1) is 8.90. The predicted molar refractivity (Wildman–Crippen MR) is 80.1 cm³/mol. The minimum Gasteiger partial charge on any atom is -0.294 e. The summed E-state index contributed by atoms with van der Waals surface area (Å²) in [5, 5.41) is 5.20. The lowest BCUT2D eigenvalue weighted by molar-refractivity contribution is 0.0992. The summed E-state index contributed by atoms with van der Waals surface area (Å²) in [6, 6.07) is 5.14. The number of benzene rings is 1. The average molecular weight is 362 g/mol. The topological polar surface area (TPSA) is 34.9 Å². The maximum Gasteiger partial charge on any atom is 0.167 e. The Hall–Kier alpha value is -0.840. The van der Waals surface area contributed by atoms with Crippen molar-refractivity contribution >= 4 is 44.9 Å². The van der Waals surface area contributed by atoms with E-state index in [0.29, 0.717) is 15.7 Å². The summed E-state index contributed by atoms with van der Waals surface area (Å²) in [4.78, 5) is 12.2. The van der Waals surface area contributed by atoms with Crippen molar-refractivity contribution in [2.75, 3.05) is 0 Å². The molecule has 1 aromatic carbocycles. The van der Waals surface area contributed by atoms with Crippen molar-refractivity contribution in [1.29, 1.82) is 0 Å². The molecule has 0 saturated heterocycles. The summed E-state index contributed by atoms with van der Waals surface area (Å²) in [6.07, 6.45) is 0.219. The lowest BCUT2D eigenvalue weighted by Crippen LogP contribution is -2.04. The maximum atomic E-state index is 12.2. The number of carbonyl (C=O) groups excluding carboxylic acids is 1. The van der Waals surface area contributed by atoms with E-state index in [1.165, 1.54) is 0 Å². The van der Waals surface area contributed by atoms with E-state index in [9.17, 15) is 4.79 Å². The lowest BCUT2D eigenvalue weighted by Gasteiger charge is -2.03. The van der Waals surface area contributed by atoms with E-state index in [1.54, 1.807) is 29.9 Å². The second kappa shape index (κ2) is 5.65. The third-order valence-electron chi connectivity index (χ3n) is 2.85. The Kier molecular flexibility index (Phi) is 4.33. The molecule has 1 heterocycles. The van der Waals surface area contributed by atoms with E-state index >= 15 is 0 Å². The molecule has 0 amide bonds. The highest BCUT2D eigenvalue weighted by molar-refractivity contribution is 9.10. The summed E-state index contributed by atoms with van der Waals surface area (Å²) < 4.78 is 2.33. The molecule has 0 aliphatic carbocycles. The number of hydrogen-bond donors (Lipinski definition) is 0. The van der Waals surface area contributed by atoms with Gasteiger partial charge >= 0.3 is 0 Å². The van der Waals surface area contributed by atoms with Gasteiger partial charge in [0, 0.05) is 29.1 Å². The highest BCUT2D eigenvalue weighted by Gasteiger charge is 2.16. The zero-order valence-electron chi connectivity index (χ0n) is 10.4.